The van der Waals surface area contributed by atoms with E-state index in [4.69, 9.17) is 16.6 Å². The van der Waals surface area contributed by atoms with E-state index in [0.29, 0.717) is 18.4 Å². The number of nitrogens with zero attached hydrogens (tertiary/aromatic N) is 3. The lowest BCUT2D eigenvalue weighted by Crippen LogP contribution is -2.46. The predicted molar refractivity (Wildman–Crippen MR) is 155 cm³/mol. The van der Waals surface area contributed by atoms with Crippen molar-refractivity contribution >= 4 is 29.3 Å². The lowest BCUT2D eigenvalue weighted by molar-refractivity contribution is -0.134. The number of likely N-dealkylation sites (tertiary alicyclic amines) is 1. The molecule has 6 heteroatoms. The summed E-state index contributed by atoms with van der Waals surface area (Å²) in [5.74, 6) is 1.79. The zero-order chi connectivity index (χ0) is 26.6. The van der Waals surface area contributed by atoms with Gasteiger partial charge in [0.2, 0.25) is 5.91 Å². The highest BCUT2D eigenvalue weighted by Gasteiger charge is 2.57. The second-order valence-electron chi connectivity index (χ2n) is 11.6. The molecule has 0 bridgehead atoms. The summed E-state index contributed by atoms with van der Waals surface area (Å²) in [5.41, 5.74) is 4.92. The number of hydrogen-bond acceptors (Lipinski definition) is 3. The van der Waals surface area contributed by atoms with Crippen molar-refractivity contribution in [2.75, 3.05) is 19.6 Å². The van der Waals surface area contributed by atoms with Crippen LogP contribution in [0.25, 0.3) is 22.3 Å². The highest BCUT2D eigenvalue weighted by Crippen LogP contribution is 2.46. The van der Waals surface area contributed by atoms with Gasteiger partial charge in [-0.05, 0) is 78.8 Å². The molecule has 0 radical (unpaired) electrons. The molecule has 198 valence electrons. The highest BCUT2D eigenvalue weighted by molar-refractivity contribution is 6.30. The van der Waals surface area contributed by atoms with Gasteiger partial charge in [-0.15, -0.1) is 0 Å². The average molecular weight is 538 g/mol. The van der Waals surface area contributed by atoms with Gasteiger partial charge < -0.3 is 4.90 Å². The van der Waals surface area contributed by atoms with E-state index in [0.717, 1.165) is 90.3 Å². The van der Waals surface area contributed by atoms with Crippen molar-refractivity contribution in [2.24, 2.45) is 16.8 Å². The van der Waals surface area contributed by atoms with Crippen LogP contribution in [0, 0.1) is 11.8 Å². The summed E-state index contributed by atoms with van der Waals surface area (Å²) in [6, 6.07) is 24.8. The Kier molecular flexibility index (Phi) is 6.07. The van der Waals surface area contributed by atoms with Gasteiger partial charge in [-0.3, -0.25) is 19.5 Å². The predicted octanol–water partition coefficient (Wildman–Crippen LogP) is 6.44. The molecule has 0 aromatic heterocycles. The summed E-state index contributed by atoms with van der Waals surface area (Å²) < 4.78 is 0. The van der Waals surface area contributed by atoms with E-state index in [1.807, 2.05) is 28.0 Å². The second kappa shape index (κ2) is 9.63. The molecule has 3 fully saturated rings. The maximum Gasteiger partial charge on any atom is 0.256 e. The Hall–Kier alpha value is -3.44. The number of carbonyl (C=O) groups excluding carboxylic acids is 2. The first kappa shape index (κ1) is 24.6. The third kappa shape index (κ3) is 4.78. The topological polar surface area (TPSA) is 53.0 Å². The number of amidine groups is 1. The van der Waals surface area contributed by atoms with Gasteiger partial charge in [-0.2, -0.15) is 0 Å². The van der Waals surface area contributed by atoms with E-state index < -0.39 is 5.54 Å². The SMILES string of the molecule is O=C(C1CC1)N1CCC[C@H](CN2C(=O)C3(CC3)N=C2c2ccc(-c3ccc(-c4cccc(Cl)c4)cc3)cc2)C1. The van der Waals surface area contributed by atoms with Gasteiger partial charge in [0.25, 0.3) is 5.91 Å². The molecule has 3 aromatic carbocycles. The van der Waals surface area contributed by atoms with Crippen LogP contribution in [0.4, 0.5) is 0 Å². The quantitative estimate of drug-likeness (QED) is 0.363. The second-order valence-corrected chi connectivity index (χ2v) is 12.1. The van der Waals surface area contributed by atoms with Gasteiger partial charge in [0.15, 0.2) is 0 Å². The lowest BCUT2D eigenvalue weighted by atomic mass is 9.96. The normalized spacial score (nSPS) is 21.8. The molecule has 5 nitrogen and oxygen atoms in total. The third-order valence-electron chi connectivity index (χ3n) is 8.66. The fourth-order valence-electron chi connectivity index (χ4n) is 6.09. The summed E-state index contributed by atoms with van der Waals surface area (Å²) in [7, 11) is 0. The van der Waals surface area contributed by atoms with E-state index in [2.05, 4.69) is 54.6 Å². The maximum atomic E-state index is 13.5. The van der Waals surface area contributed by atoms with Crippen molar-refractivity contribution in [3.63, 3.8) is 0 Å². The number of carbonyl (C=O) groups is 2. The summed E-state index contributed by atoms with van der Waals surface area (Å²) in [4.78, 5) is 35.1. The minimum Gasteiger partial charge on any atom is -0.342 e. The van der Waals surface area contributed by atoms with Crippen LogP contribution >= 0.6 is 11.6 Å². The summed E-state index contributed by atoms with van der Waals surface area (Å²) in [6.45, 7) is 2.25. The molecule has 39 heavy (non-hydrogen) atoms. The first-order valence-electron chi connectivity index (χ1n) is 14.2. The van der Waals surface area contributed by atoms with Crippen molar-refractivity contribution in [1.82, 2.24) is 9.80 Å². The molecule has 1 saturated heterocycles. The molecule has 1 spiro atoms. The van der Waals surface area contributed by atoms with E-state index in [9.17, 15) is 9.59 Å². The Balaban J connectivity index is 1.08. The molecule has 2 aliphatic carbocycles. The Morgan fingerprint density at radius 3 is 2.13 bits per heavy atom. The van der Waals surface area contributed by atoms with Gasteiger partial charge in [0.05, 0.1) is 0 Å². The number of aliphatic imine (C=N–C) groups is 1. The van der Waals surface area contributed by atoms with Crippen molar-refractivity contribution in [2.45, 2.75) is 44.1 Å². The molecule has 2 heterocycles. The molecule has 2 saturated carbocycles. The van der Waals surface area contributed by atoms with Crippen LogP contribution in [0.15, 0.2) is 77.8 Å². The van der Waals surface area contributed by atoms with E-state index >= 15 is 0 Å². The fourth-order valence-corrected chi connectivity index (χ4v) is 6.28. The first-order chi connectivity index (χ1) is 19.0. The number of hydrogen-bond donors (Lipinski definition) is 0. The number of piperidine rings is 1. The Bertz CT molecular complexity index is 1460. The standard InChI is InChI=1S/C33H32ClN3O2/c34-29-5-1-4-28(19-29)25-8-6-23(7-9-25)24-10-12-26(13-11-24)30-35-33(16-17-33)32(39)37(30)21-22-3-2-18-36(20-22)31(38)27-14-15-27/h1,4-13,19,22,27H,2-3,14-18,20-21H2/t22-/m0/s1. The van der Waals surface area contributed by atoms with Gasteiger partial charge in [-0.1, -0.05) is 72.3 Å². The smallest absolute Gasteiger partial charge is 0.256 e. The van der Waals surface area contributed by atoms with E-state index in [1.165, 1.54) is 0 Å². The van der Waals surface area contributed by atoms with Gasteiger partial charge in [0, 0.05) is 36.1 Å². The van der Waals surface area contributed by atoms with Gasteiger partial charge in [-0.25, -0.2) is 0 Å². The van der Waals surface area contributed by atoms with Crippen LogP contribution in [-0.4, -0.2) is 52.6 Å². The zero-order valence-electron chi connectivity index (χ0n) is 22.0. The monoisotopic (exact) mass is 537 g/mol. The fraction of sp³-hybridized carbons (Fsp3) is 0.364. The van der Waals surface area contributed by atoms with Crippen LogP contribution in [0.5, 0.6) is 0 Å². The molecule has 2 amide bonds. The summed E-state index contributed by atoms with van der Waals surface area (Å²) in [6.07, 6.45) is 5.79. The van der Waals surface area contributed by atoms with E-state index in [1.54, 1.807) is 0 Å². The van der Waals surface area contributed by atoms with Crippen LogP contribution in [0.1, 0.15) is 44.1 Å². The molecule has 0 unspecified atom stereocenters. The Morgan fingerprint density at radius 2 is 1.51 bits per heavy atom. The molecular formula is C33H32ClN3O2. The molecule has 3 aromatic rings. The number of benzene rings is 3. The van der Waals surface area contributed by atoms with E-state index in [-0.39, 0.29) is 11.8 Å². The molecule has 7 rings (SSSR count). The lowest BCUT2D eigenvalue weighted by Gasteiger charge is -2.35. The summed E-state index contributed by atoms with van der Waals surface area (Å²) in [5, 5.41) is 0.732. The largest absolute Gasteiger partial charge is 0.342 e. The summed E-state index contributed by atoms with van der Waals surface area (Å²) >= 11 is 6.17. The van der Waals surface area contributed by atoms with Crippen molar-refractivity contribution in [3.05, 3.63) is 83.4 Å². The van der Waals surface area contributed by atoms with Crippen LogP contribution in [0.2, 0.25) is 5.02 Å². The minimum atomic E-state index is -0.539. The molecule has 4 aliphatic rings. The molecule has 2 aliphatic heterocycles. The minimum absolute atomic E-state index is 0.142. The Labute approximate surface area is 234 Å². The molecule has 0 N–H and O–H groups in total. The highest BCUT2D eigenvalue weighted by atomic mass is 35.5. The number of rotatable bonds is 6. The first-order valence-corrected chi connectivity index (χ1v) is 14.5. The van der Waals surface area contributed by atoms with Crippen molar-refractivity contribution < 1.29 is 9.59 Å². The third-order valence-corrected chi connectivity index (χ3v) is 8.89. The average Bonchev–Trinajstić information content (AvgIpc) is 3.90. The maximum absolute atomic E-state index is 13.5. The molecular weight excluding hydrogens is 506 g/mol. The van der Waals surface area contributed by atoms with Gasteiger partial charge >= 0.3 is 0 Å². The van der Waals surface area contributed by atoms with Gasteiger partial charge in [0.1, 0.15) is 11.4 Å². The number of halogens is 1. The Morgan fingerprint density at radius 1 is 0.872 bits per heavy atom. The van der Waals surface area contributed by atoms with Crippen LogP contribution in [0.3, 0.4) is 0 Å². The van der Waals surface area contributed by atoms with Crippen molar-refractivity contribution in [1.29, 1.82) is 0 Å². The van der Waals surface area contributed by atoms with Crippen LogP contribution in [-0.2, 0) is 9.59 Å². The molecule has 1 atom stereocenters. The number of amides is 2. The van der Waals surface area contributed by atoms with Crippen LogP contribution < -0.4 is 0 Å². The van der Waals surface area contributed by atoms with Crippen molar-refractivity contribution in [3.8, 4) is 22.3 Å². The zero-order valence-corrected chi connectivity index (χ0v) is 22.7.